The molecule has 0 amide bonds. The van der Waals surface area contributed by atoms with Gasteiger partial charge in [-0.3, -0.25) is 0 Å². The molecule has 6 nitrogen and oxygen atoms in total. The molecule has 7 heteroatoms. The maximum absolute atomic E-state index is 6.12. The smallest absolute Gasteiger partial charge is 0.323 e. The molecule has 0 unspecified atom stereocenters. The number of nitrogen functional groups attached to an aromatic ring is 1. The summed E-state index contributed by atoms with van der Waals surface area (Å²) in [5, 5.41) is 3.61. The second kappa shape index (κ2) is 5.71. The van der Waals surface area contributed by atoms with Crippen LogP contribution in [0.5, 0.6) is 6.01 Å². The van der Waals surface area contributed by atoms with Crippen LogP contribution >= 0.6 is 11.6 Å². The predicted octanol–water partition coefficient (Wildman–Crippen LogP) is 2.56. The summed E-state index contributed by atoms with van der Waals surface area (Å²) < 4.78 is 5.21. The van der Waals surface area contributed by atoms with Crippen LogP contribution in [-0.2, 0) is 0 Å². The molecule has 0 aliphatic carbocycles. The Hall–Kier alpha value is -2.08. The molecule has 0 saturated heterocycles. The first-order valence-electron chi connectivity index (χ1n) is 5.76. The molecule has 0 aliphatic rings. The molecule has 1 aromatic carbocycles. The van der Waals surface area contributed by atoms with E-state index >= 15 is 0 Å². The molecule has 2 rings (SSSR count). The van der Waals surface area contributed by atoms with Crippen molar-refractivity contribution < 1.29 is 4.74 Å². The average Bonchev–Trinajstić information content (AvgIpc) is 2.34. The van der Waals surface area contributed by atoms with Gasteiger partial charge in [0.1, 0.15) is 0 Å². The molecule has 0 fully saturated rings. The van der Waals surface area contributed by atoms with Crippen molar-refractivity contribution in [2.45, 2.75) is 13.8 Å². The van der Waals surface area contributed by atoms with Crippen molar-refractivity contribution >= 4 is 29.2 Å². The lowest BCUT2D eigenvalue weighted by Gasteiger charge is -2.10. The number of nitrogens with two attached hydrogens (primary N) is 1. The van der Waals surface area contributed by atoms with Crippen molar-refractivity contribution in [1.82, 2.24) is 15.0 Å². The first-order chi connectivity index (χ1) is 9.10. The molecule has 2 aromatic rings. The fraction of sp³-hybridized carbons (Fsp3) is 0.250. The Bertz CT molecular complexity index is 570. The maximum Gasteiger partial charge on any atom is 0.323 e. The molecule has 0 radical (unpaired) electrons. The Balaban J connectivity index is 2.33. The quantitative estimate of drug-likeness (QED) is 0.894. The summed E-state index contributed by atoms with van der Waals surface area (Å²) in [6.07, 6.45) is 0. The summed E-state index contributed by atoms with van der Waals surface area (Å²) in [5.41, 5.74) is 7.31. The van der Waals surface area contributed by atoms with Gasteiger partial charge in [-0.1, -0.05) is 23.7 Å². The predicted molar refractivity (Wildman–Crippen MR) is 74.9 cm³/mol. The number of nitrogens with one attached hydrogen (secondary N) is 1. The SMILES string of the molecule is CCOc1nc(N)nc(Nc2c(C)cccc2Cl)n1. The minimum absolute atomic E-state index is 0.0886. The van der Waals surface area contributed by atoms with Crippen LogP contribution in [0.3, 0.4) is 0 Å². The molecule has 0 saturated carbocycles. The summed E-state index contributed by atoms with van der Waals surface area (Å²) in [4.78, 5) is 12.0. The van der Waals surface area contributed by atoms with Gasteiger partial charge in [-0.2, -0.15) is 15.0 Å². The number of benzene rings is 1. The summed E-state index contributed by atoms with van der Waals surface area (Å²) in [7, 11) is 0. The largest absolute Gasteiger partial charge is 0.464 e. The number of anilines is 3. The molecule has 0 aliphatic heterocycles. The zero-order chi connectivity index (χ0) is 13.8. The van der Waals surface area contributed by atoms with Crippen LogP contribution in [0.15, 0.2) is 18.2 Å². The third-order valence-corrected chi connectivity index (χ3v) is 2.68. The Morgan fingerprint density at radius 1 is 1.32 bits per heavy atom. The molecule has 1 heterocycles. The standard InChI is InChI=1S/C12H14ClN5O/c1-3-19-12-17-10(14)16-11(18-12)15-9-7(2)5-4-6-8(9)13/h4-6H,3H2,1-2H3,(H3,14,15,16,17,18). The van der Waals surface area contributed by atoms with Gasteiger partial charge in [-0.05, 0) is 25.5 Å². The molecule has 0 atom stereocenters. The zero-order valence-electron chi connectivity index (χ0n) is 10.6. The lowest BCUT2D eigenvalue weighted by atomic mass is 10.2. The highest BCUT2D eigenvalue weighted by Crippen LogP contribution is 2.27. The van der Waals surface area contributed by atoms with Crippen LogP contribution in [0.1, 0.15) is 12.5 Å². The minimum Gasteiger partial charge on any atom is -0.464 e. The highest BCUT2D eigenvalue weighted by Gasteiger charge is 2.09. The van der Waals surface area contributed by atoms with Crippen LogP contribution < -0.4 is 15.8 Å². The first-order valence-corrected chi connectivity index (χ1v) is 6.14. The van der Waals surface area contributed by atoms with Crippen LogP contribution in [0, 0.1) is 6.92 Å². The van der Waals surface area contributed by atoms with Gasteiger partial charge in [-0.15, -0.1) is 0 Å². The summed E-state index contributed by atoms with van der Waals surface area (Å²) in [5.74, 6) is 0.387. The number of hydrogen-bond acceptors (Lipinski definition) is 6. The van der Waals surface area contributed by atoms with Crippen LogP contribution in [-0.4, -0.2) is 21.6 Å². The molecule has 100 valence electrons. The number of ether oxygens (including phenoxy) is 1. The maximum atomic E-state index is 6.12. The van der Waals surface area contributed by atoms with Crippen molar-refractivity contribution in [3.05, 3.63) is 28.8 Å². The highest BCUT2D eigenvalue weighted by molar-refractivity contribution is 6.33. The molecule has 1 aromatic heterocycles. The van der Waals surface area contributed by atoms with Crippen molar-refractivity contribution in [3.8, 4) is 6.01 Å². The van der Waals surface area contributed by atoms with Crippen LogP contribution in [0.4, 0.5) is 17.6 Å². The van der Waals surface area contributed by atoms with E-state index in [1.54, 1.807) is 6.07 Å². The summed E-state index contributed by atoms with van der Waals surface area (Å²) >= 11 is 6.12. The second-order valence-electron chi connectivity index (χ2n) is 3.79. The van der Waals surface area contributed by atoms with E-state index in [9.17, 15) is 0 Å². The normalized spacial score (nSPS) is 10.3. The highest BCUT2D eigenvalue weighted by atomic mass is 35.5. The topological polar surface area (TPSA) is 86.0 Å². The van der Waals surface area contributed by atoms with Gasteiger partial charge in [-0.25, -0.2) is 0 Å². The van der Waals surface area contributed by atoms with Gasteiger partial charge in [0.15, 0.2) is 0 Å². The lowest BCUT2D eigenvalue weighted by Crippen LogP contribution is -2.07. The third-order valence-electron chi connectivity index (χ3n) is 2.36. The van der Waals surface area contributed by atoms with E-state index in [2.05, 4.69) is 20.3 Å². The zero-order valence-corrected chi connectivity index (χ0v) is 11.4. The molecule has 3 N–H and O–H groups in total. The molecule has 0 spiro atoms. The van der Waals surface area contributed by atoms with E-state index < -0.39 is 0 Å². The minimum atomic E-state index is 0.0886. The van der Waals surface area contributed by atoms with E-state index in [0.29, 0.717) is 17.6 Å². The fourth-order valence-corrected chi connectivity index (χ4v) is 1.79. The van der Waals surface area contributed by atoms with E-state index in [1.165, 1.54) is 0 Å². The number of halogens is 1. The number of para-hydroxylation sites is 1. The van der Waals surface area contributed by atoms with Crippen molar-refractivity contribution in [1.29, 1.82) is 0 Å². The van der Waals surface area contributed by atoms with Crippen molar-refractivity contribution in [2.24, 2.45) is 0 Å². The van der Waals surface area contributed by atoms with Gasteiger partial charge >= 0.3 is 6.01 Å². The number of aryl methyl sites for hydroxylation is 1. The van der Waals surface area contributed by atoms with E-state index in [0.717, 1.165) is 11.3 Å². The summed E-state index contributed by atoms with van der Waals surface area (Å²) in [6, 6.07) is 5.77. The van der Waals surface area contributed by atoms with E-state index in [-0.39, 0.29) is 12.0 Å². The first kappa shape index (κ1) is 13.4. The van der Waals surface area contributed by atoms with Crippen molar-refractivity contribution in [2.75, 3.05) is 17.7 Å². The summed E-state index contributed by atoms with van der Waals surface area (Å²) in [6.45, 7) is 4.22. The van der Waals surface area contributed by atoms with Crippen molar-refractivity contribution in [3.63, 3.8) is 0 Å². The van der Waals surface area contributed by atoms with Gasteiger partial charge < -0.3 is 15.8 Å². The van der Waals surface area contributed by atoms with Crippen LogP contribution in [0.2, 0.25) is 5.02 Å². The Kier molecular flexibility index (Phi) is 4.01. The number of hydrogen-bond donors (Lipinski definition) is 2. The van der Waals surface area contributed by atoms with Gasteiger partial charge in [0.25, 0.3) is 0 Å². The lowest BCUT2D eigenvalue weighted by molar-refractivity contribution is 0.312. The van der Waals surface area contributed by atoms with Gasteiger partial charge in [0, 0.05) is 0 Å². The molecule has 19 heavy (non-hydrogen) atoms. The van der Waals surface area contributed by atoms with E-state index in [1.807, 2.05) is 26.0 Å². The van der Waals surface area contributed by atoms with Gasteiger partial charge in [0.2, 0.25) is 11.9 Å². The molecular formula is C12H14ClN5O. The number of rotatable bonds is 4. The Labute approximate surface area is 116 Å². The Morgan fingerprint density at radius 2 is 2.11 bits per heavy atom. The average molecular weight is 280 g/mol. The third kappa shape index (κ3) is 3.23. The fourth-order valence-electron chi connectivity index (χ4n) is 1.52. The monoisotopic (exact) mass is 279 g/mol. The Morgan fingerprint density at radius 3 is 2.79 bits per heavy atom. The van der Waals surface area contributed by atoms with Crippen LogP contribution in [0.25, 0.3) is 0 Å². The number of aromatic nitrogens is 3. The van der Waals surface area contributed by atoms with Gasteiger partial charge in [0.05, 0.1) is 17.3 Å². The molecule has 0 bridgehead atoms. The van der Waals surface area contributed by atoms with E-state index in [4.69, 9.17) is 22.1 Å². The second-order valence-corrected chi connectivity index (χ2v) is 4.20. The molecular weight excluding hydrogens is 266 g/mol. The number of nitrogens with zero attached hydrogens (tertiary/aromatic N) is 3.